The summed E-state index contributed by atoms with van der Waals surface area (Å²) >= 11 is 0. The fourth-order valence-electron chi connectivity index (χ4n) is 1.83. The Bertz CT molecular complexity index is 406. The second kappa shape index (κ2) is 4.49. The van der Waals surface area contributed by atoms with Crippen molar-refractivity contribution in [3.8, 4) is 0 Å². The van der Waals surface area contributed by atoms with Gasteiger partial charge in [0.15, 0.2) is 0 Å². The van der Waals surface area contributed by atoms with Gasteiger partial charge in [0.05, 0.1) is 6.54 Å². The highest BCUT2D eigenvalue weighted by atomic mass is 16.2. The first-order chi connectivity index (χ1) is 8.31. The van der Waals surface area contributed by atoms with Crippen LogP contribution in [0.25, 0.3) is 0 Å². The lowest BCUT2D eigenvalue weighted by Crippen LogP contribution is -2.30. The van der Waals surface area contributed by atoms with E-state index in [1.54, 1.807) is 6.20 Å². The van der Waals surface area contributed by atoms with Crippen LogP contribution in [0.5, 0.6) is 0 Å². The minimum Gasteiger partial charge on any atom is -0.352 e. The number of nitrogens with zero attached hydrogens (tertiary/aromatic N) is 2. The van der Waals surface area contributed by atoms with E-state index in [-0.39, 0.29) is 5.91 Å². The maximum atomic E-state index is 11.7. The van der Waals surface area contributed by atoms with Crippen molar-refractivity contribution in [2.24, 2.45) is 0 Å². The van der Waals surface area contributed by atoms with Crippen molar-refractivity contribution in [2.75, 3.05) is 0 Å². The highest BCUT2D eigenvalue weighted by Gasteiger charge is 2.24. The first-order valence-corrected chi connectivity index (χ1v) is 6.34. The highest BCUT2D eigenvalue weighted by molar-refractivity contribution is 5.76. The van der Waals surface area contributed by atoms with Gasteiger partial charge in [0, 0.05) is 24.5 Å². The van der Waals surface area contributed by atoms with Gasteiger partial charge < -0.3 is 15.2 Å². The lowest BCUT2D eigenvalue weighted by Gasteiger charge is -2.08. The molecule has 0 atom stereocenters. The Morgan fingerprint density at radius 1 is 1.35 bits per heavy atom. The van der Waals surface area contributed by atoms with Crippen LogP contribution in [0.1, 0.15) is 31.5 Å². The van der Waals surface area contributed by atoms with Crippen LogP contribution in [0.15, 0.2) is 12.4 Å². The Kier molecular flexibility index (Phi) is 2.84. The molecule has 17 heavy (non-hydrogen) atoms. The van der Waals surface area contributed by atoms with Crippen LogP contribution in [-0.2, 0) is 17.9 Å². The molecule has 5 heteroatoms. The molecule has 0 radical (unpaired) electrons. The molecule has 92 valence electrons. The van der Waals surface area contributed by atoms with Gasteiger partial charge in [-0.05, 0) is 25.7 Å². The highest BCUT2D eigenvalue weighted by Crippen LogP contribution is 2.19. The normalized spacial score (nSPS) is 19.3. The van der Waals surface area contributed by atoms with Crippen LogP contribution in [0.2, 0.25) is 0 Å². The minimum atomic E-state index is 0.0955. The smallest absolute Gasteiger partial charge is 0.240 e. The summed E-state index contributed by atoms with van der Waals surface area (Å²) in [6.07, 6.45) is 8.42. The quantitative estimate of drug-likeness (QED) is 0.749. The average molecular weight is 234 g/mol. The van der Waals surface area contributed by atoms with Crippen molar-refractivity contribution in [2.45, 2.75) is 50.9 Å². The van der Waals surface area contributed by atoms with Gasteiger partial charge in [-0.25, -0.2) is 4.98 Å². The zero-order valence-corrected chi connectivity index (χ0v) is 9.85. The zero-order chi connectivity index (χ0) is 11.7. The third-order valence-corrected chi connectivity index (χ3v) is 3.18. The molecule has 0 bridgehead atoms. The van der Waals surface area contributed by atoms with Crippen LogP contribution >= 0.6 is 0 Å². The number of imidazole rings is 1. The molecule has 3 rings (SSSR count). The molecule has 0 saturated heterocycles. The first kappa shape index (κ1) is 10.8. The van der Waals surface area contributed by atoms with Gasteiger partial charge in [-0.15, -0.1) is 0 Å². The Morgan fingerprint density at radius 3 is 2.82 bits per heavy atom. The van der Waals surface area contributed by atoms with E-state index < -0.39 is 0 Å². The van der Waals surface area contributed by atoms with Gasteiger partial charge in [-0.3, -0.25) is 4.79 Å². The van der Waals surface area contributed by atoms with E-state index in [4.69, 9.17) is 0 Å². The molecule has 1 heterocycles. The van der Waals surface area contributed by atoms with Gasteiger partial charge in [0.2, 0.25) is 5.91 Å². The number of carbonyl (C=O) groups excluding carboxylic acids is 1. The largest absolute Gasteiger partial charge is 0.352 e. The van der Waals surface area contributed by atoms with Crippen LogP contribution in [0, 0.1) is 0 Å². The predicted molar refractivity (Wildman–Crippen MR) is 63.3 cm³/mol. The summed E-state index contributed by atoms with van der Waals surface area (Å²) in [5, 5.41) is 6.40. The average Bonchev–Trinajstić information content (AvgIpc) is 3.20. The Balaban J connectivity index is 1.53. The lowest BCUT2D eigenvalue weighted by atomic mass is 10.5. The van der Waals surface area contributed by atoms with Crippen molar-refractivity contribution < 1.29 is 4.79 Å². The van der Waals surface area contributed by atoms with E-state index in [9.17, 15) is 4.79 Å². The first-order valence-electron chi connectivity index (χ1n) is 6.34. The van der Waals surface area contributed by atoms with Crippen molar-refractivity contribution >= 4 is 5.91 Å². The fourth-order valence-corrected chi connectivity index (χ4v) is 1.83. The Labute approximate surface area is 101 Å². The van der Waals surface area contributed by atoms with E-state index in [2.05, 4.69) is 15.6 Å². The third kappa shape index (κ3) is 3.06. The summed E-state index contributed by atoms with van der Waals surface area (Å²) in [6, 6.07) is 1.10. The maximum absolute atomic E-state index is 11.7. The molecule has 2 aliphatic rings. The molecule has 1 aromatic rings. The number of hydrogen-bond donors (Lipinski definition) is 2. The molecule has 0 aliphatic heterocycles. The molecule has 5 nitrogen and oxygen atoms in total. The predicted octanol–water partition coefficient (Wildman–Crippen LogP) is 0.414. The summed E-state index contributed by atoms with van der Waals surface area (Å²) < 4.78 is 1.92. The summed E-state index contributed by atoms with van der Waals surface area (Å²) in [4.78, 5) is 16.0. The topological polar surface area (TPSA) is 59.0 Å². The van der Waals surface area contributed by atoms with Crippen LogP contribution in [0.3, 0.4) is 0 Å². The molecule has 2 saturated carbocycles. The van der Waals surface area contributed by atoms with Gasteiger partial charge in [-0.2, -0.15) is 0 Å². The van der Waals surface area contributed by atoms with Crippen LogP contribution in [0.4, 0.5) is 0 Å². The fraction of sp³-hybridized carbons (Fsp3) is 0.667. The van der Waals surface area contributed by atoms with Crippen molar-refractivity contribution in [3.05, 3.63) is 18.2 Å². The molecule has 2 fully saturated rings. The van der Waals surface area contributed by atoms with E-state index in [0.717, 1.165) is 25.2 Å². The van der Waals surface area contributed by atoms with Crippen molar-refractivity contribution in [1.82, 2.24) is 20.2 Å². The molecule has 1 aromatic heterocycles. The molecule has 0 unspecified atom stereocenters. The van der Waals surface area contributed by atoms with E-state index in [1.807, 2.05) is 10.8 Å². The molecular weight excluding hydrogens is 216 g/mol. The summed E-state index contributed by atoms with van der Waals surface area (Å²) in [5.74, 6) is 1.04. The molecule has 2 N–H and O–H groups in total. The number of nitrogens with one attached hydrogen (secondary N) is 2. The van der Waals surface area contributed by atoms with E-state index >= 15 is 0 Å². The van der Waals surface area contributed by atoms with Gasteiger partial charge in [0.1, 0.15) is 12.4 Å². The number of aromatic nitrogens is 2. The summed E-state index contributed by atoms with van der Waals surface area (Å²) in [6.45, 7) is 1.15. The number of carbonyl (C=O) groups is 1. The third-order valence-electron chi connectivity index (χ3n) is 3.18. The SMILES string of the molecule is O=C(Cn1ccnc1CNC1CC1)NC1CC1. The standard InChI is InChI=1S/C12H18N4O/c17-12(15-10-3-4-10)8-16-6-5-13-11(16)7-14-9-1-2-9/h5-6,9-10,14H,1-4,7-8H2,(H,15,17). The van der Waals surface area contributed by atoms with Gasteiger partial charge in [-0.1, -0.05) is 0 Å². The maximum Gasteiger partial charge on any atom is 0.240 e. The van der Waals surface area contributed by atoms with Crippen LogP contribution in [-0.4, -0.2) is 27.5 Å². The monoisotopic (exact) mass is 234 g/mol. The van der Waals surface area contributed by atoms with E-state index in [0.29, 0.717) is 18.6 Å². The zero-order valence-electron chi connectivity index (χ0n) is 9.85. The molecule has 0 spiro atoms. The van der Waals surface area contributed by atoms with Crippen molar-refractivity contribution in [3.63, 3.8) is 0 Å². The minimum absolute atomic E-state index is 0.0955. The van der Waals surface area contributed by atoms with Crippen molar-refractivity contribution in [1.29, 1.82) is 0 Å². The molecular formula is C12H18N4O. The summed E-state index contributed by atoms with van der Waals surface area (Å²) in [7, 11) is 0. The Hall–Kier alpha value is -1.36. The second-order valence-corrected chi connectivity index (χ2v) is 4.97. The van der Waals surface area contributed by atoms with Gasteiger partial charge in [0.25, 0.3) is 0 Å². The molecule has 1 amide bonds. The second-order valence-electron chi connectivity index (χ2n) is 4.97. The lowest BCUT2D eigenvalue weighted by molar-refractivity contribution is -0.121. The number of amides is 1. The number of rotatable bonds is 6. The molecule has 0 aromatic carbocycles. The van der Waals surface area contributed by atoms with Gasteiger partial charge >= 0.3 is 0 Å². The number of hydrogen-bond acceptors (Lipinski definition) is 3. The molecule has 2 aliphatic carbocycles. The van der Waals surface area contributed by atoms with E-state index in [1.165, 1.54) is 12.8 Å². The summed E-state index contributed by atoms with van der Waals surface area (Å²) in [5.41, 5.74) is 0. The Morgan fingerprint density at radius 2 is 2.12 bits per heavy atom. The van der Waals surface area contributed by atoms with Crippen LogP contribution < -0.4 is 10.6 Å².